The van der Waals surface area contributed by atoms with E-state index in [4.69, 9.17) is 9.47 Å². The minimum Gasteiger partial charge on any atom is -0.500 e. The van der Waals surface area contributed by atoms with Crippen molar-refractivity contribution in [1.29, 1.82) is 0 Å². The number of pyridine rings is 1. The molecule has 2 rings (SSSR count). The van der Waals surface area contributed by atoms with Crippen LogP contribution < -0.4 is 15.0 Å². The Labute approximate surface area is 117 Å². The van der Waals surface area contributed by atoms with Crippen LogP contribution in [-0.2, 0) is 7.05 Å². The van der Waals surface area contributed by atoms with Gasteiger partial charge in [-0.2, -0.15) is 0 Å². The minimum absolute atomic E-state index is 0.197. The molecule has 108 valence electrons. The number of benzene rings is 1. The van der Waals surface area contributed by atoms with Crippen molar-refractivity contribution in [3.8, 4) is 17.2 Å². The molecule has 20 heavy (non-hydrogen) atoms. The van der Waals surface area contributed by atoms with Crippen LogP contribution in [0.15, 0.2) is 23.0 Å². The third kappa shape index (κ3) is 2.43. The average Bonchev–Trinajstić information content (AvgIpc) is 2.46. The van der Waals surface area contributed by atoms with E-state index in [1.165, 1.54) is 11.7 Å². The molecule has 1 aromatic carbocycles. The van der Waals surface area contributed by atoms with E-state index in [1.54, 1.807) is 19.2 Å². The zero-order valence-corrected chi connectivity index (χ0v) is 12.0. The Morgan fingerprint density at radius 2 is 2.10 bits per heavy atom. The Hall–Kier alpha value is -2.17. The number of aryl methyl sites for hydroxylation is 1. The van der Waals surface area contributed by atoms with Crippen molar-refractivity contribution in [3.05, 3.63) is 28.6 Å². The van der Waals surface area contributed by atoms with Gasteiger partial charge in [-0.15, -0.1) is 0 Å². The van der Waals surface area contributed by atoms with Gasteiger partial charge >= 0.3 is 0 Å². The van der Waals surface area contributed by atoms with Gasteiger partial charge in [-0.05, 0) is 18.6 Å². The molecule has 0 saturated heterocycles. The van der Waals surface area contributed by atoms with Crippen LogP contribution in [0.3, 0.4) is 0 Å². The number of ether oxygens (including phenoxy) is 2. The van der Waals surface area contributed by atoms with Gasteiger partial charge in [0.15, 0.2) is 5.75 Å². The summed E-state index contributed by atoms with van der Waals surface area (Å²) in [6.07, 6.45) is 2.05. The zero-order valence-electron chi connectivity index (χ0n) is 12.0. The first-order valence-electron chi connectivity index (χ1n) is 6.62. The lowest BCUT2D eigenvalue weighted by Gasteiger charge is -2.13. The highest BCUT2D eigenvalue weighted by atomic mass is 16.5. The highest BCUT2D eigenvalue weighted by Gasteiger charge is 2.15. The van der Waals surface area contributed by atoms with Gasteiger partial charge in [0, 0.05) is 18.5 Å². The molecule has 0 saturated carbocycles. The fourth-order valence-electron chi connectivity index (χ4n) is 2.10. The first kappa shape index (κ1) is 14.2. The second-order valence-corrected chi connectivity index (χ2v) is 4.63. The van der Waals surface area contributed by atoms with Crippen LogP contribution >= 0.6 is 0 Å². The Morgan fingerprint density at radius 1 is 1.35 bits per heavy atom. The topological polar surface area (TPSA) is 60.7 Å². The highest BCUT2D eigenvalue weighted by molar-refractivity contribution is 5.88. The van der Waals surface area contributed by atoms with Crippen LogP contribution in [0.2, 0.25) is 0 Å². The number of rotatable bonds is 5. The lowest BCUT2D eigenvalue weighted by molar-refractivity contribution is 0.309. The number of fused-ring (bicyclic) bond motifs is 1. The molecule has 2 aromatic rings. The van der Waals surface area contributed by atoms with Crippen LogP contribution in [0, 0.1) is 0 Å². The van der Waals surface area contributed by atoms with Gasteiger partial charge in [0.05, 0.1) is 19.2 Å². The number of hydrogen-bond donors (Lipinski definition) is 1. The third-order valence-electron chi connectivity index (χ3n) is 3.27. The molecule has 0 aliphatic rings. The van der Waals surface area contributed by atoms with Crippen molar-refractivity contribution in [3.63, 3.8) is 0 Å². The fourth-order valence-corrected chi connectivity index (χ4v) is 2.10. The third-order valence-corrected chi connectivity index (χ3v) is 3.27. The summed E-state index contributed by atoms with van der Waals surface area (Å²) in [5.41, 5.74) is 0.179. The van der Waals surface area contributed by atoms with Crippen molar-refractivity contribution >= 4 is 10.9 Å². The molecule has 5 heteroatoms. The second kappa shape index (κ2) is 5.86. The quantitative estimate of drug-likeness (QED) is 0.853. The number of unbranched alkanes of at least 4 members (excludes halogenated alkanes) is 1. The van der Waals surface area contributed by atoms with Gasteiger partial charge in [-0.3, -0.25) is 4.79 Å². The summed E-state index contributed by atoms with van der Waals surface area (Å²) in [6, 6.07) is 5.38. The monoisotopic (exact) mass is 277 g/mol. The number of nitrogens with zero attached hydrogens (tertiary/aromatic N) is 1. The average molecular weight is 277 g/mol. The number of aromatic hydroxyl groups is 1. The van der Waals surface area contributed by atoms with E-state index in [2.05, 4.69) is 6.92 Å². The van der Waals surface area contributed by atoms with Crippen LogP contribution in [0.5, 0.6) is 17.2 Å². The molecular formula is C15H19NO4. The standard InChI is InChI=1S/C15H19NO4/c1-4-5-8-20-10-6-7-11-12(9-10)16(2)15(18)13(17)14(11)19-3/h6-7,9,17H,4-5,8H2,1-3H3. The largest absolute Gasteiger partial charge is 0.500 e. The van der Waals surface area contributed by atoms with Crippen molar-refractivity contribution in [1.82, 2.24) is 4.57 Å². The molecule has 0 aliphatic carbocycles. The molecule has 0 unspecified atom stereocenters. The van der Waals surface area contributed by atoms with E-state index in [1.807, 2.05) is 6.07 Å². The zero-order chi connectivity index (χ0) is 14.7. The minimum atomic E-state index is -0.486. The Bertz CT molecular complexity index is 676. The van der Waals surface area contributed by atoms with Crippen LogP contribution in [0.4, 0.5) is 0 Å². The summed E-state index contributed by atoms with van der Waals surface area (Å²) >= 11 is 0. The lowest BCUT2D eigenvalue weighted by atomic mass is 10.1. The first-order chi connectivity index (χ1) is 9.60. The molecule has 0 aliphatic heterocycles. The maximum atomic E-state index is 11.9. The highest BCUT2D eigenvalue weighted by Crippen LogP contribution is 2.33. The van der Waals surface area contributed by atoms with Gasteiger partial charge in [0.1, 0.15) is 5.75 Å². The predicted molar refractivity (Wildman–Crippen MR) is 77.8 cm³/mol. The van der Waals surface area contributed by atoms with Gasteiger partial charge < -0.3 is 19.1 Å². The van der Waals surface area contributed by atoms with E-state index < -0.39 is 5.56 Å². The molecule has 0 spiro atoms. The lowest BCUT2D eigenvalue weighted by Crippen LogP contribution is -2.17. The van der Waals surface area contributed by atoms with E-state index >= 15 is 0 Å². The van der Waals surface area contributed by atoms with Crippen LogP contribution in [-0.4, -0.2) is 23.4 Å². The normalized spacial score (nSPS) is 10.8. The van der Waals surface area contributed by atoms with Gasteiger partial charge in [0.2, 0.25) is 5.75 Å². The van der Waals surface area contributed by atoms with Crippen molar-refractivity contribution in [2.24, 2.45) is 7.05 Å². The van der Waals surface area contributed by atoms with E-state index in [9.17, 15) is 9.90 Å². The maximum Gasteiger partial charge on any atom is 0.296 e. The molecule has 1 aromatic heterocycles. The summed E-state index contributed by atoms with van der Waals surface area (Å²) in [5.74, 6) is 0.527. The smallest absolute Gasteiger partial charge is 0.296 e. The molecule has 1 heterocycles. The summed E-state index contributed by atoms with van der Waals surface area (Å²) < 4.78 is 12.2. The molecule has 0 bridgehead atoms. The van der Waals surface area contributed by atoms with Crippen molar-refractivity contribution in [2.75, 3.05) is 13.7 Å². The van der Waals surface area contributed by atoms with Crippen LogP contribution in [0.1, 0.15) is 19.8 Å². The summed E-state index contributed by atoms with van der Waals surface area (Å²) in [5, 5.41) is 10.5. The van der Waals surface area contributed by atoms with Gasteiger partial charge in [-0.25, -0.2) is 0 Å². The number of methoxy groups -OCH3 is 1. The summed E-state index contributed by atoms with van der Waals surface area (Å²) in [7, 11) is 3.04. The van der Waals surface area contributed by atoms with Gasteiger partial charge in [-0.1, -0.05) is 13.3 Å². The Balaban J connectivity index is 2.54. The number of aromatic nitrogens is 1. The second-order valence-electron chi connectivity index (χ2n) is 4.63. The molecule has 0 atom stereocenters. The van der Waals surface area contributed by atoms with E-state index in [0.717, 1.165) is 12.8 Å². The summed E-state index contributed by atoms with van der Waals surface area (Å²) in [4.78, 5) is 11.9. The molecule has 1 N–H and O–H groups in total. The van der Waals surface area contributed by atoms with E-state index in [-0.39, 0.29) is 11.5 Å². The van der Waals surface area contributed by atoms with E-state index in [0.29, 0.717) is 23.3 Å². The molecule has 0 radical (unpaired) electrons. The van der Waals surface area contributed by atoms with Gasteiger partial charge in [0.25, 0.3) is 5.56 Å². The number of hydrogen-bond acceptors (Lipinski definition) is 4. The first-order valence-corrected chi connectivity index (χ1v) is 6.62. The molecule has 0 amide bonds. The maximum absolute atomic E-state index is 11.9. The van der Waals surface area contributed by atoms with Crippen molar-refractivity contribution < 1.29 is 14.6 Å². The fraction of sp³-hybridized carbons (Fsp3) is 0.400. The SMILES string of the molecule is CCCCOc1ccc2c(OC)c(O)c(=O)n(C)c2c1. The predicted octanol–water partition coefficient (Wildman–Crippen LogP) is 2.43. The molecule has 0 fully saturated rings. The summed E-state index contributed by atoms with van der Waals surface area (Å²) in [6.45, 7) is 2.74. The molecule has 5 nitrogen and oxygen atoms in total. The Morgan fingerprint density at radius 3 is 2.75 bits per heavy atom. The van der Waals surface area contributed by atoms with Crippen LogP contribution in [0.25, 0.3) is 10.9 Å². The van der Waals surface area contributed by atoms with Crippen molar-refractivity contribution in [2.45, 2.75) is 19.8 Å². The molecular weight excluding hydrogens is 258 g/mol. The Kier molecular flexibility index (Phi) is 4.17.